The topological polar surface area (TPSA) is 35.5 Å². The van der Waals surface area contributed by atoms with Gasteiger partial charge in [0.25, 0.3) is 0 Å². The molecular formula is C16H16O3. The number of rotatable bonds is 5. The summed E-state index contributed by atoms with van der Waals surface area (Å²) in [5.74, 6) is 0.450. The molecular weight excluding hydrogens is 240 g/mol. The Hall–Kier alpha value is -2.29. The van der Waals surface area contributed by atoms with Crippen molar-refractivity contribution in [2.75, 3.05) is 13.2 Å². The Morgan fingerprint density at radius 3 is 2.32 bits per heavy atom. The molecule has 0 amide bonds. The van der Waals surface area contributed by atoms with E-state index in [4.69, 9.17) is 9.47 Å². The predicted molar refractivity (Wildman–Crippen MR) is 73.4 cm³/mol. The molecule has 0 aliphatic heterocycles. The maximum atomic E-state index is 11.7. The Balaban J connectivity index is 1.74. The minimum Gasteiger partial charge on any atom is -0.490 e. The molecule has 0 N–H and O–H groups in total. The van der Waals surface area contributed by atoms with Crippen LogP contribution in [-0.4, -0.2) is 19.2 Å². The van der Waals surface area contributed by atoms with Crippen molar-refractivity contribution in [2.45, 2.75) is 6.92 Å². The van der Waals surface area contributed by atoms with E-state index >= 15 is 0 Å². The molecule has 2 aromatic rings. The highest BCUT2D eigenvalue weighted by molar-refractivity contribution is 5.89. The van der Waals surface area contributed by atoms with Crippen LogP contribution in [0.1, 0.15) is 15.9 Å². The van der Waals surface area contributed by atoms with Gasteiger partial charge in [-0.15, -0.1) is 0 Å². The van der Waals surface area contributed by atoms with E-state index in [1.807, 2.05) is 49.4 Å². The van der Waals surface area contributed by atoms with Crippen molar-refractivity contribution in [3.63, 3.8) is 0 Å². The van der Waals surface area contributed by atoms with Gasteiger partial charge in [-0.3, -0.25) is 0 Å². The number of para-hydroxylation sites is 1. The van der Waals surface area contributed by atoms with Gasteiger partial charge in [0, 0.05) is 0 Å². The summed E-state index contributed by atoms with van der Waals surface area (Å²) in [5, 5.41) is 0. The van der Waals surface area contributed by atoms with Gasteiger partial charge in [0.05, 0.1) is 5.56 Å². The lowest BCUT2D eigenvalue weighted by molar-refractivity contribution is 0.0450. The Morgan fingerprint density at radius 1 is 0.947 bits per heavy atom. The average molecular weight is 256 g/mol. The second kappa shape index (κ2) is 6.59. The summed E-state index contributed by atoms with van der Waals surface area (Å²) in [4.78, 5) is 11.7. The van der Waals surface area contributed by atoms with Crippen molar-refractivity contribution in [3.8, 4) is 5.75 Å². The number of benzene rings is 2. The van der Waals surface area contributed by atoms with Crippen LogP contribution in [0.25, 0.3) is 0 Å². The predicted octanol–water partition coefficient (Wildman–Crippen LogP) is 3.23. The van der Waals surface area contributed by atoms with Gasteiger partial charge in [-0.25, -0.2) is 4.79 Å². The van der Waals surface area contributed by atoms with E-state index in [0.717, 1.165) is 11.3 Å². The fourth-order valence-electron chi connectivity index (χ4n) is 1.58. The SMILES string of the molecule is Cc1ccc(C(=O)OCCOc2ccccc2)cc1. The molecule has 98 valence electrons. The third-order valence-electron chi connectivity index (χ3n) is 2.62. The highest BCUT2D eigenvalue weighted by Crippen LogP contribution is 2.08. The molecule has 3 heteroatoms. The number of hydrogen-bond donors (Lipinski definition) is 0. The van der Waals surface area contributed by atoms with E-state index in [1.54, 1.807) is 12.1 Å². The van der Waals surface area contributed by atoms with Crippen LogP contribution in [-0.2, 0) is 4.74 Å². The summed E-state index contributed by atoms with van der Waals surface area (Å²) >= 11 is 0. The molecule has 0 aliphatic rings. The van der Waals surface area contributed by atoms with Gasteiger partial charge >= 0.3 is 5.97 Å². The first-order chi connectivity index (χ1) is 9.25. The maximum Gasteiger partial charge on any atom is 0.338 e. The summed E-state index contributed by atoms with van der Waals surface area (Å²) in [6.07, 6.45) is 0. The Kier molecular flexibility index (Phi) is 4.56. The van der Waals surface area contributed by atoms with Crippen LogP contribution >= 0.6 is 0 Å². The van der Waals surface area contributed by atoms with Gasteiger partial charge in [-0.05, 0) is 31.2 Å². The summed E-state index contributed by atoms with van der Waals surface area (Å²) in [6, 6.07) is 16.7. The second-order valence-electron chi connectivity index (χ2n) is 4.16. The number of carbonyl (C=O) groups excluding carboxylic acids is 1. The lowest BCUT2D eigenvalue weighted by Gasteiger charge is -2.07. The third kappa shape index (κ3) is 4.14. The van der Waals surface area contributed by atoms with Gasteiger partial charge in [-0.2, -0.15) is 0 Å². The van der Waals surface area contributed by atoms with Crippen LogP contribution in [0.3, 0.4) is 0 Å². The fraction of sp³-hybridized carbons (Fsp3) is 0.188. The third-order valence-corrected chi connectivity index (χ3v) is 2.62. The summed E-state index contributed by atoms with van der Waals surface area (Å²) in [6.45, 7) is 2.56. The first-order valence-electron chi connectivity index (χ1n) is 6.17. The lowest BCUT2D eigenvalue weighted by Crippen LogP contribution is -2.12. The second-order valence-corrected chi connectivity index (χ2v) is 4.16. The Labute approximate surface area is 112 Å². The van der Waals surface area contributed by atoms with Crippen molar-refractivity contribution in [1.29, 1.82) is 0 Å². The lowest BCUT2D eigenvalue weighted by atomic mass is 10.1. The number of ether oxygens (including phenoxy) is 2. The van der Waals surface area contributed by atoms with Crippen molar-refractivity contribution in [3.05, 3.63) is 65.7 Å². The Bertz CT molecular complexity index is 517. The summed E-state index contributed by atoms with van der Waals surface area (Å²) < 4.78 is 10.6. The Morgan fingerprint density at radius 2 is 1.63 bits per heavy atom. The van der Waals surface area contributed by atoms with Crippen LogP contribution in [0, 0.1) is 6.92 Å². The molecule has 19 heavy (non-hydrogen) atoms. The highest BCUT2D eigenvalue weighted by atomic mass is 16.6. The number of esters is 1. The number of carbonyl (C=O) groups is 1. The number of aryl methyl sites for hydroxylation is 1. The smallest absolute Gasteiger partial charge is 0.338 e. The van der Waals surface area contributed by atoms with Crippen molar-refractivity contribution < 1.29 is 14.3 Å². The molecule has 0 aromatic heterocycles. The van der Waals surface area contributed by atoms with Crippen molar-refractivity contribution >= 4 is 5.97 Å². The summed E-state index contributed by atoms with van der Waals surface area (Å²) in [5.41, 5.74) is 1.68. The summed E-state index contributed by atoms with van der Waals surface area (Å²) in [7, 11) is 0. The molecule has 0 unspecified atom stereocenters. The minimum atomic E-state index is -0.323. The maximum absolute atomic E-state index is 11.7. The van der Waals surface area contributed by atoms with Gasteiger partial charge in [-0.1, -0.05) is 35.9 Å². The van der Waals surface area contributed by atoms with E-state index in [1.165, 1.54) is 0 Å². The standard InChI is InChI=1S/C16H16O3/c1-13-7-9-14(10-8-13)16(17)19-12-11-18-15-5-3-2-4-6-15/h2-10H,11-12H2,1H3. The van der Waals surface area contributed by atoms with E-state index in [2.05, 4.69) is 0 Å². The molecule has 2 aromatic carbocycles. The van der Waals surface area contributed by atoms with Gasteiger partial charge in [0.15, 0.2) is 0 Å². The fourth-order valence-corrected chi connectivity index (χ4v) is 1.58. The zero-order valence-electron chi connectivity index (χ0n) is 10.8. The van der Waals surface area contributed by atoms with Gasteiger partial charge < -0.3 is 9.47 Å². The van der Waals surface area contributed by atoms with Gasteiger partial charge in [0.1, 0.15) is 19.0 Å². The van der Waals surface area contributed by atoms with Gasteiger partial charge in [0.2, 0.25) is 0 Å². The number of hydrogen-bond acceptors (Lipinski definition) is 3. The molecule has 0 saturated carbocycles. The van der Waals surface area contributed by atoms with E-state index in [9.17, 15) is 4.79 Å². The normalized spacial score (nSPS) is 9.95. The zero-order chi connectivity index (χ0) is 13.5. The van der Waals surface area contributed by atoms with Crippen LogP contribution in [0.15, 0.2) is 54.6 Å². The van der Waals surface area contributed by atoms with E-state index in [0.29, 0.717) is 12.2 Å². The molecule has 0 heterocycles. The molecule has 0 saturated heterocycles. The first-order valence-corrected chi connectivity index (χ1v) is 6.17. The first kappa shape index (κ1) is 13.1. The molecule has 3 nitrogen and oxygen atoms in total. The molecule has 0 fully saturated rings. The quantitative estimate of drug-likeness (QED) is 0.608. The van der Waals surface area contributed by atoms with E-state index in [-0.39, 0.29) is 12.6 Å². The zero-order valence-corrected chi connectivity index (χ0v) is 10.8. The van der Waals surface area contributed by atoms with Crippen molar-refractivity contribution in [2.24, 2.45) is 0 Å². The molecule has 0 atom stereocenters. The van der Waals surface area contributed by atoms with E-state index < -0.39 is 0 Å². The van der Waals surface area contributed by atoms with Crippen LogP contribution in [0.2, 0.25) is 0 Å². The molecule has 2 rings (SSSR count). The average Bonchev–Trinajstić information content (AvgIpc) is 2.45. The van der Waals surface area contributed by atoms with Crippen LogP contribution in [0.5, 0.6) is 5.75 Å². The van der Waals surface area contributed by atoms with Crippen LogP contribution < -0.4 is 4.74 Å². The molecule has 0 aliphatic carbocycles. The van der Waals surface area contributed by atoms with Crippen molar-refractivity contribution in [1.82, 2.24) is 0 Å². The highest BCUT2D eigenvalue weighted by Gasteiger charge is 2.05. The minimum absolute atomic E-state index is 0.238. The molecule has 0 spiro atoms. The van der Waals surface area contributed by atoms with Crippen LogP contribution in [0.4, 0.5) is 0 Å². The molecule has 0 radical (unpaired) electrons. The molecule has 0 bridgehead atoms. The monoisotopic (exact) mass is 256 g/mol. The largest absolute Gasteiger partial charge is 0.490 e.